The molecule has 0 aliphatic carbocycles. The number of hydrogen-bond acceptors (Lipinski definition) is 6. The number of carbonyl (C=O) groups is 1. The molecule has 1 heterocycles. The van der Waals surface area contributed by atoms with E-state index in [0.29, 0.717) is 39.5 Å². The molecule has 1 N–H and O–H groups in total. The number of ketones is 1. The van der Waals surface area contributed by atoms with Crippen LogP contribution >= 0.6 is 0 Å². The summed E-state index contributed by atoms with van der Waals surface area (Å²) < 4.78 is 23.4. The van der Waals surface area contributed by atoms with E-state index in [0.717, 1.165) is 11.2 Å². The summed E-state index contributed by atoms with van der Waals surface area (Å²) in [5.74, 6) is 1.39. The molecule has 0 atom stereocenters. The van der Waals surface area contributed by atoms with Crippen LogP contribution in [0.3, 0.4) is 0 Å². The van der Waals surface area contributed by atoms with Gasteiger partial charge in [0.1, 0.15) is 0 Å². The van der Waals surface area contributed by atoms with Crippen LogP contribution in [-0.2, 0) is 7.05 Å². The smallest absolute Gasteiger partial charge is 0.205 e. The summed E-state index contributed by atoms with van der Waals surface area (Å²) in [6, 6.07) is 6.35. The zero-order chi connectivity index (χ0) is 20.6. The van der Waals surface area contributed by atoms with E-state index in [4.69, 9.17) is 18.9 Å². The molecule has 7 nitrogen and oxygen atoms in total. The van der Waals surface area contributed by atoms with E-state index in [9.17, 15) is 9.90 Å². The lowest BCUT2D eigenvalue weighted by Crippen LogP contribution is -2.04. The van der Waals surface area contributed by atoms with E-state index in [1.807, 2.05) is 18.5 Å². The number of methoxy groups -OCH3 is 4. The van der Waals surface area contributed by atoms with E-state index in [-0.39, 0.29) is 11.5 Å². The molecule has 28 heavy (non-hydrogen) atoms. The normalized spacial score (nSPS) is 10.8. The number of fused-ring (bicyclic) bond motifs is 1. The average molecular weight is 385 g/mol. The van der Waals surface area contributed by atoms with Crippen LogP contribution in [0.5, 0.6) is 28.7 Å². The van der Waals surface area contributed by atoms with Gasteiger partial charge in [-0.15, -0.1) is 0 Å². The molecule has 2 aromatic carbocycles. The van der Waals surface area contributed by atoms with E-state index in [2.05, 4.69) is 0 Å². The summed E-state index contributed by atoms with van der Waals surface area (Å²) in [6.07, 6.45) is 0. The first kappa shape index (κ1) is 19.4. The highest BCUT2D eigenvalue weighted by Gasteiger charge is 2.27. The predicted octanol–water partition coefficient (Wildman–Crippen LogP) is 3.46. The Morgan fingerprint density at radius 3 is 2.11 bits per heavy atom. The van der Waals surface area contributed by atoms with Crippen LogP contribution in [0.25, 0.3) is 10.9 Å². The number of aryl methyl sites for hydroxylation is 1. The Morgan fingerprint density at radius 1 is 0.929 bits per heavy atom. The number of phenolic OH excluding ortho intramolecular Hbond substituents is 1. The van der Waals surface area contributed by atoms with E-state index < -0.39 is 0 Å². The van der Waals surface area contributed by atoms with Crippen molar-refractivity contribution in [1.29, 1.82) is 0 Å². The van der Waals surface area contributed by atoms with Crippen molar-refractivity contribution in [2.75, 3.05) is 28.4 Å². The lowest BCUT2D eigenvalue weighted by atomic mass is 9.99. The number of aromatic hydroxyl groups is 1. The molecular formula is C21H23NO6. The molecule has 0 spiro atoms. The summed E-state index contributed by atoms with van der Waals surface area (Å²) in [5.41, 5.74) is 2.33. The van der Waals surface area contributed by atoms with Crippen molar-refractivity contribution in [3.8, 4) is 28.7 Å². The maximum atomic E-state index is 13.3. The number of phenols is 1. The predicted molar refractivity (Wildman–Crippen MR) is 105 cm³/mol. The Morgan fingerprint density at radius 2 is 1.57 bits per heavy atom. The highest BCUT2D eigenvalue weighted by molar-refractivity contribution is 6.19. The molecule has 148 valence electrons. The number of ether oxygens (including phenoxy) is 4. The molecule has 3 rings (SSSR count). The van der Waals surface area contributed by atoms with Crippen molar-refractivity contribution in [3.05, 3.63) is 41.1 Å². The zero-order valence-electron chi connectivity index (χ0n) is 16.7. The fourth-order valence-corrected chi connectivity index (χ4v) is 3.46. The van der Waals surface area contributed by atoms with E-state index >= 15 is 0 Å². The molecule has 7 heteroatoms. The topological polar surface area (TPSA) is 79.2 Å². The Balaban J connectivity index is 2.31. The molecule has 0 radical (unpaired) electrons. The monoisotopic (exact) mass is 385 g/mol. The quantitative estimate of drug-likeness (QED) is 0.655. The summed E-state index contributed by atoms with van der Waals surface area (Å²) in [4.78, 5) is 13.3. The summed E-state index contributed by atoms with van der Waals surface area (Å²) in [5, 5.41) is 10.7. The molecule has 0 fully saturated rings. The number of benzene rings is 2. The SMILES string of the molecule is COc1ccc(C(=O)c2c(C)n(C)c3c(OC)c(OC)c(OC)cc23)cc1O. The van der Waals surface area contributed by atoms with Gasteiger partial charge in [0.15, 0.2) is 28.8 Å². The van der Waals surface area contributed by atoms with Crippen molar-refractivity contribution >= 4 is 16.7 Å². The molecule has 0 aliphatic rings. The van der Waals surface area contributed by atoms with Crippen molar-refractivity contribution in [3.63, 3.8) is 0 Å². The highest BCUT2D eigenvalue weighted by Crippen LogP contribution is 2.46. The first-order valence-electron chi connectivity index (χ1n) is 8.59. The summed E-state index contributed by atoms with van der Waals surface area (Å²) >= 11 is 0. The van der Waals surface area contributed by atoms with Crippen molar-refractivity contribution < 1.29 is 28.8 Å². The zero-order valence-corrected chi connectivity index (χ0v) is 16.7. The maximum Gasteiger partial charge on any atom is 0.205 e. The van der Waals surface area contributed by atoms with Gasteiger partial charge >= 0.3 is 0 Å². The summed E-state index contributed by atoms with van der Waals surface area (Å²) in [6.45, 7) is 1.86. The Hall–Kier alpha value is -3.35. The number of rotatable bonds is 6. The fourth-order valence-electron chi connectivity index (χ4n) is 3.46. The minimum absolute atomic E-state index is 0.0944. The molecule has 0 bridgehead atoms. The van der Waals surface area contributed by atoms with Crippen LogP contribution in [0.4, 0.5) is 0 Å². The van der Waals surface area contributed by atoms with Crippen LogP contribution in [0.15, 0.2) is 24.3 Å². The van der Waals surface area contributed by atoms with Gasteiger partial charge in [-0.25, -0.2) is 0 Å². The second-order valence-electron chi connectivity index (χ2n) is 6.28. The van der Waals surface area contributed by atoms with E-state index in [1.165, 1.54) is 27.4 Å². The molecule has 0 amide bonds. The number of aromatic nitrogens is 1. The Bertz CT molecular complexity index is 1070. The standard InChI is InChI=1S/C21H23NO6/c1-11-17(19(24)12-7-8-15(25-3)14(23)9-12)13-10-16(26-4)20(27-5)21(28-6)18(13)22(11)2/h7-10,23H,1-6H3. The minimum Gasteiger partial charge on any atom is -0.504 e. The maximum absolute atomic E-state index is 13.3. The second-order valence-corrected chi connectivity index (χ2v) is 6.28. The number of nitrogens with zero attached hydrogens (tertiary/aromatic N) is 1. The molecule has 0 unspecified atom stereocenters. The van der Waals surface area contributed by atoms with Crippen LogP contribution in [-0.4, -0.2) is 43.9 Å². The third-order valence-electron chi connectivity index (χ3n) is 4.94. The van der Waals surface area contributed by atoms with Crippen LogP contribution in [0.2, 0.25) is 0 Å². The second kappa shape index (κ2) is 7.34. The lowest BCUT2D eigenvalue weighted by molar-refractivity contribution is 0.103. The Kier molecular flexibility index (Phi) is 5.09. The third-order valence-corrected chi connectivity index (χ3v) is 4.94. The van der Waals surface area contributed by atoms with Gasteiger partial charge in [-0.2, -0.15) is 0 Å². The lowest BCUT2D eigenvalue weighted by Gasteiger charge is -2.14. The number of hydrogen-bond donors (Lipinski definition) is 1. The molecule has 0 saturated carbocycles. The van der Waals surface area contributed by atoms with Gasteiger partial charge in [-0.3, -0.25) is 4.79 Å². The highest BCUT2D eigenvalue weighted by atomic mass is 16.5. The largest absolute Gasteiger partial charge is 0.504 e. The average Bonchev–Trinajstić information content (AvgIpc) is 2.95. The van der Waals surface area contributed by atoms with Crippen molar-refractivity contribution in [2.24, 2.45) is 7.05 Å². The van der Waals surface area contributed by atoms with Gasteiger partial charge < -0.3 is 28.6 Å². The van der Waals surface area contributed by atoms with Gasteiger partial charge in [0, 0.05) is 23.7 Å². The first-order valence-corrected chi connectivity index (χ1v) is 8.59. The minimum atomic E-state index is -0.227. The van der Waals surface area contributed by atoms with Gasteiger partial charge in [-0.1, -0.05) is 0 Å². The molecule has 1 aromatic heterocycles. The first-order chi connectivity index (χ1) is 13.4. The van der Waals surface area contributed by atoms with Crippen molar-refractivity contribution in [2.45, 2.75) is 6.92 Å². The Labute approximate surface area is 163 Å². The fraction of sp³-hybridized carbons (Fsp3) is 0.286. The van der Waals surface area contributed by atoms with Crippen molar-refractivity contribution in [1.82, 2.24) is 4.57 Å². The van der Waals surface area contributed by atoms with Crippen LogP contribution in [0, 0.1) is 6.92 Å². The van der Waals surface area contributed by atoms with Crippen LogP contribution in [0.1, 0.15) is 21.6 Å². The van der Waals surface area contributed by atoms with Gasteiger partial charge in [0.05, 0.1) is 39.5 Å². The van der Waals surface area contributed by atoms with Gasteiger partial charge in [-0.05, 0) is 31.2 Å². The molecular weight excluding hydrogens is 362 g/mol. The van der Waals surface area contributed by atoms with E-state index in [1.54, 1.807) is 25.3 Å². The van der Waals surface area contributed by atoms with Gasteiger partial charge in [0.25, 0.3) is 0 Å². The molecule has 0 aliphatic heterocycles. The third kappa shape index (κ3) is 2.79. The number of carbonyl (C=O) groups excluding carboxylic acids is 1. The molecule has 3 aromatic rings. The summed E-state index contributed by atoms with van der Waals surface area (Å²) in [7, 11) is 7.92. The van der Waals surface area contributed by atoms with Crippen LogP contribution < -0.4 is 18.9 Å². The molecule has 0 saturated heterocycles. The van der Waals surface area contributed by atoms with Gasteiger partial charge in [0.2, 0.25) is 5.75 Å².